The Morgan fingerprint density at radius 3 is 2.94 bits per heavy atom. The fraction of sp³-hybridized carbons (Fsp3) is 0.364. The Kier molecular flexibility index (Phi) is 3.41. The molecule has 1 saturated heterocycles. The van der Waals surface area contributed by atoms with Crippen molar-refractivity contribution < 1.29 is 9.18 Å². The fourth-order valence-corrected chi connectivity index (χ4v) is 1.99. The monoisotopic (exact) mass is 242 g/mol. The minimum absolute atomic E-state index is 0.140. The first-order valence-corrected chi connectivity index (χ1v) is 5.53. The number of halogens is 2. The Morgan fingerprint density at radius 1 is 1.50 bits per heavy atom. The molecule has 3 nitrogen and oxygen atoms in total. The molecule has 0 spiro atoms. The number of hydrogen-bond donors (Lipinski definition) is 2. The predicted octanol–water partition coefficient (Wildman–Crippen LogP) is 2.17. The lowest BCUT2D eigenvalue weighted by Crippen LogP contribution is -2.35. The Labute approximate surface area is 98.0 Å². The summed E-state index contributed by atoms with van der Waals surface area (Å²) >= 11 is 5.69. The SMILES string of the molecule is O=C(Nc1cc(F)cc(Cl)c1)[C@@H]1CCCN1. The van der Waals surface area contributed by atoms with Gasteiger partial charge in [-0.2, -0.15) is 0 Å². The molecule has 1 fully saturated rings. The van der Waals surface area contributed by atoms with Crippen molar-refractivity contribution in [2.45, 2.75) is 18.9 Å². The molecule has 0 aromatic heterocycles. The van der Waals surface area contributed by atoms with E-state index >= 15 is 0 Å². The second-order valence-electron chi connectivity index (χ2n) is 3.80. The van der Waals surface area contributed by atoms with E-state index in [2.05, 4.69) is 10.6 Å². The molecule has 1 atom stereocenters. The summed E-state index contributed by atoms with van der Waals surface area (Å²) in [5.41, 5.74) is 0.392. The number of anilines is 1. The van der Waals surface area contributed by atoms with Crippen LogP contribution in [0.5, 0.6) is 0 Å². The fourth-order valence-electron chi connectivity index (χ4n) is 1.76. The van der Waals surface area contributed by atoms with Gasteiger partial charge in [-0.3, -0.25) is 4.79 Å². The molecule has 1 amide bonds. The van der Waals surface area contributed by atoms with Gasteiger partial charge in [0.05, 0.1) is 6.04 Å². The lowest BCUT2D eigenvalue weighted by atomic mass is 10.2. The highest BCUT2D eigenvalue weighted by Crippen LogP contribution is 2.18. The van der Waals surface area contributed by atoms with Crippen LogP contribution in [0, 0.1) is 5.82 Å². The smallest absolute Gasteiger partial charge is 0.241 e. The van der Waals surface area contributed by atoms with Crippen LogP contribution in [-0.2, 0) is 4.79 Å². The summed E-state index contributed by atoms with van der Waals surface area (Å²) in [5.74, 6) is -0.596. The van der Waals surface area contributed by atoms with Crippen LogP contribution >= 0.6 is 11.6 Å². The summed E-state index contributed by atoms with van der Waals surface area (Å²) in [7, 11) is 0. The number of hydrogen-bond acceptors (Lipinski definition) is 2. The Balaban J connectivity index is 2.05. The first-order chi connectivity index (χ1) is 7.65. The van der Waals surface area contributed by atoms with Gasteiger partial charge in [0.2, 0.25) is 5.91 Å². The lowest BCUT2D eigenvalue weighted by Gasteiger charge is -2.11. The van der Waals surface area contributed by atoms with E-state index in [4.69, 9.17) is 11.6 Å². The van der Waals surface area contributed by atoms with Crippen molar-refractivity contribution in [3.05, 3.63) is 29.0 Å². The average molecular weight is 243 g/mol. The van der Waals surface area contributed by atoms with Crippen molar-refractivity contribution in [2.75, 3.05) is 11.9 Å². The van der Waals surface area contributed by atoms with Gasteiger partial charge in [-0.1, -0.05) is 11.6 Å². The number of nitrogens with one attached hydrogen (secondary N) is 2. The molecule has 0 saturated carbocycles. The summed E-state index contributed by atoms with van der Waals surface area (Å²) in [4.78, 5) is 11.7. The van der Waals surface area contributed by atoms with E-state index in [0.29, 0.717) is 5.69 Å². The van der Waals surface area contributed by atoms with Crippen LogP contribution in [0.2, 0.25) is 5.02 Å². The maximum absolute atomic E-state index is 13.0. The number of carbonyl (C=O) groups excluding carboxylic acids is 1. The van der Waals surface area contributed by atoms with Crippen LogP contribution in [0.15, 0.2) is 18.2 Å². The van der Waals surface area contributed by atoms with E-state index in [0.717, 1.165) is 19.4 Å². The van der Waals surface area contributed by atoms with Crippen LogP contribution < -0.4 is 10.6 Å². The highest BCUT2D eigenvalue weighted by Gasteiger charge is 2.21. The number of benzene rings is 1. The summed E-state index contributed by atoms with van der Waals surface area (Å²) in [6, 6.07) is 3.79. The second-order valence-corrected chi connectivity index (χ2v) is 4.23. The van der Waals surface area contributed by atoms with Crippen molar-refractivity contribution in [3.8, 4) is 0 Å². The minimum atomic E-state index is -0.456. The summed E-state index contributed by atoms with van der Waals surface area (Å²) in [6.45, 7) is 0.849. The number of rotatable bonds is 2. The third-order valence-electron chi connectivity index (χ3n) is 2.51. The normalized spacial score (nSPS) is 19.8. The van der Waals surface area contributed by atoms with E-state index in [-0.39, 0.29) is 17.0 Å². The van der Waals surface area contributed by atoms with Gasteiger partial charge in [0.15, 0.2) is 0 Å². The highest BCUT2D eigenvalue weighted by atomic mass is 35.5. The molecule has 2 N–H and O–H groups in total. The first kappa shape index (κ1) is 11.4. The molecule has 1 heterocycles. The molecule has 5 heteroatoms. The van der Waals surface area contributed by atoms with Gasteiger partial charge in [0.1, 0.15) is 5.82 Å². The van der Waals surface area contributed by atoms with Crippen molar-refractivity contribution >= 4 is 23.2 Å². The Morgan fingerprint density at radius 2 is 2.31 bits per heavy atom. The quantitative estimate of drug-likeness (QED) is 0.835. The van der Waals surface area contributed by atoms with Crippen molar-refractivity contribution in [2.24, 2.45) is 0 Å². The summed E-state index contributed by atoms with van der Waals surface area (Å²) in [6.07, 6.45) is 1.80. The van der Waals surface area contributed by atoms with Crippen LogP contribution in [0.4, 0.5) is 10.1 Å². The van der Waals surface area contributed by atoms with Crippen molar-refractivity contribution in [1.82, 2.24) is 5.32 Å². The van der Waals surface area contributed by atoms with E-state index in [1.807, 2.05) is 0 Å². The summed E-state index contributed by atoms with van der Waals surface area (Å²) < 4.78 is 13.0. The van der Waals surface area contributed by atoms with Crippen LogP contribution in [0.1, 0.15) is 12.8 Å². The highest BCUT2D eigenvalue weighted by molar-refractivity contribution is 6.30. The molecule has 1 aromatic carbocycles. The first-order valence-electron chi connectivity index (χ1n) is 5.15. The van der Waals surface area contributed by atoms with Crippen LogP contribution in [-0.4, -0.2) is 18.5 Å². The molecule has 16 heavy (non-hydrogen) atoms. The zero-order valence-electron chi connectivity index (χ0n) is 8.59. The van der Waals surface area contributed by atoms with Gasteiger partial charge >= 0.3 is 0 Å². The molecule has 1 aromatic rings. The molecule has 1 aliphatic rings. The molecule has 86 valence electrons. The van der Waals surface area contributed by atoms with E-state index in [9.17, 15) is 9.18 Å². The largest absolute Gasteiger partial charge is 0.325 e. The number of carbonyl (C=O) groups is 1. The van der Waals surface area contributed by atoms with Gasteiger partial charge < -0.3 is 10.6 Å². The van der Waals surface area contributed by atoms with Crippen molar-refractivity contribution in [1.29, 1.82) is 0 Å². The standard InChI is InChI=1S/C11H12ClFN2O/c12-7-4-8(13)6-9(5-7)15-11(16)10-2-1-3-14-10/h4-6,10,14H,1-3H2,(H,15,16)/t10-/m0/s1. The second kappa shape index (κ2) is 4.80. The third-order valence-corrected chi connectivity index (χ3v) is 2.73. The molecule has 0 bridgehead atoms. The van der Waals surface area contributed by atoms with Gasteiger partial charge in [0.25, 0.3) is 0 Å². The summed E-state index contributed by atoms with van der Waals surface area (Å²) in [5, 5.41) is 5.98. The van der Waals surface area contributed by atoms with Crippen molar-refractivity contribution in [3.63, 3.8) is 0 Å². The van der Waals surface area contributed by atoms with E-state index in [1.54, 1.807) is 0 Å². The maximum atomic E-state index is 13.0. The predicted molar refractivity (Wildman–Crippen MR) is 61.1 cm³/mol. The Bertz CT molecular complexity index is 385. The Hall–Kier alpha value is -1.13. The van der Waals surface area contributed by atoms with Gasteiger partial charge in [-0.15, -0.1) is 0 Å². The zero-order chi connectivity index (χ0) is 11.5. The minimum Gasteiger partial charge on any atom is -0.325 e. The number of amides is 1. The maximum Gasteiger partial charge on any atom is 0.241 e. The molecular formula is C11H12ClFN2O. The molecule has 0 unspecified atom stereocenters. The topological polar surface area (TPSA) is 41.1 Å². The average Bonchev–Trinajstić information content (AvgIpc) is 2.68. The van der Waals surface area contributed by atoms with Crippen LogP contribution in [0.25, 0.3) is 0 Å². The van der Waals surface area contributed by atoms with Crippen LogP contribution in [0.3, 0.4) is 0 Å². The molecule has 0 aliphatic carbocycles. The molecule has 1 aliphatic heterocycles. The van der Waals surface area contributed by atoms with Gasteiger partial charge in [-0.05, 0) is 37.6 Å². The van der Waals surface area contributed by atoms with E-state index in [1.165, 1.54) is 18.2 Å². The lowest BCUT2D eigenvalue weighted by molar-refractivity contribution is -0.117. The zero-order valence-corrected chi connectivity index (χ0v) is 9.35. The van der Waals surface area contributed by atoms with Gasteiger partial charge in [0, 0.05) is 10.7 Å². The van der Waals surface area contributed by atoms with E-state index < -0.39 is 5.82 Å². The van der Waals surface area contributed by atoms with Gasteiger partial charge in [-0.25, -0.2) is 4.39 Å². The molecule has 2 rings (SSSR count). The molecular weight excluding hydrogens is 231 g/mol. The third kappa shape index (κ3) is 2.71. The molecule has 0 radical (unpaired) electrons.